The Morgan fingerprint density at radius 1 is 1.28 bits per heavy atom. The SMILES string of the molecule is CC(N(C)C(=O)c1cc(O)ccc1O)C(C)(C)C. The van der Waals surface area contributed by atoms with Gasteiger partial charge >= 0.3 is 0 Å². The zero-order chi connectivity index (χ0) is 14.1. The number of benzene rings is 1. The molecule has 0 aromatic heterocycles. The second-order valence-corrected chi connectivity index (χ2v) is 5.66. The number of rotatable bonds is 2. The fraction of sp³-hybridized carbons (Fsp3) is 0.500. The van der Waals surface area contributed by atoms with Crippen LogP contribution in [0.2, 0.25) is 0 Å². The largest absolute Gasteiger partial charge is 0.508 e. The van der Waals surface area contributed by atoms with Crippen molar-refractivity contribution in [3.8, 4) is 11.5 Å². The summed E-state index contributed by atoms with van der Waals surface area (Å²) in [5, 5.41) is 19.1. The maximum absolute atomic E-state index is 12.3. The number of carbonyl (C=O) groups excluding carboxylic acids is 1. The average molecular weight is 251 g/mol. The molecule has 0 aliphatic rings. The van der Waals surface area contributed by atoms with E-state index in [0.717, 1.165) is 0 Å². The molecule has 0 saturated heterocycles. The molecule has 0 bridgehead atoms. The standard InChI is InChI=1S/C14H21NO3/c1-9(14(2,3)4)15(5)13(18)11-8-10(16)6-7-12(11)17/h6-9,16-17H,1-5H3. The van der Waals surface area contributed by atoms with Gasteiger partial charge in [-0.25, -0.2) is 0 Å². The van der Waals surface area contributed by atoms with Crippen molar-refractivity contribution in [1.29, 1.82) is 0 Å². The van der Waals surface area contributed by atoms with Crippen LogP contribution in [0.4, 0.5) is 0 Å². The number of carbonyl (C=O) groups is 1. The molecule has 18 heavy (non-hydrogen) atoms. The summed E-state index contributed by atoms with van der Waals surface area (Å²) in [7, 11) is 1.70. The van der Waals surface area contributed by atoms with Gasteiger partial charge in [0.15, 0.2) is 0 Å². The van der Waals surface area contributed by atoms with Crippen molar-refractivity contribution < 1.29 is 15.0 Å². The molecule has 0 aliphatic carbocycles. The van der Waals surface area contributed by atoms with Gasteiger partial charge in [0.05, 0.1) is 5.56 Å². The summed E-state index contributed by atoms with van der Waals surface area (Å²) in [6.45, 7) is 8.09. The first kappa shape index (κ1) is 14.4. The second kappa shape index (κ2) is 4.88. The number of nitrogens with zero attached hydrogens (tertiary/aromatic N) is 1. The lowest BCUT2D eigenvalue weighted by Gasteiger charge is -2.35. The topological polar surface area (TPSA) is 60.8 Å². The van der Waals surface area contributed by atoms with Crippen LogP contribution in [0.5, 0.6) is 11.5 Å². The molecule has 1 atom stereocenters. The minimum atomic E-state index is -0.300. The molecule has 4 nitrogen and oxygen atoms in total. The van der Waals surface area contributed by atoms with E-state index in [9.17, 15) is 15.0 Å². The van der Waals surface area contributed by atoms with E-state index < -0.39 is 0 Å². The molecule has 0 spiro atoms. The van der Waals surface area contributed by atoms with Gasteiger partial charge in [0, 0.05) is 13.1 Å². The van der Waals surface area contributed by atoms with Gasteiger partial charge < -0.3 is 15.1 Å². The normalized spacial score (nSPS) is 13.2. The van der Waals surface area contributed by atoms with Gasteiger partial charge in [-0.15, -0.1) is 0 Å². The fourth-order valence-electron chi connectivity index (χ4n) is 1.64. The van der Waals surface area contributed by atoms with Crippen LogP contribution in [0, 0.1) is 5.41 Å². The highest BCUT2D eigenvalue weighted by Crippen LogP contribution is 2.27. The number of aromatic hydroxyl groups is 2. The van der Waals surface area contributed by atoms with Crippen molar-refractivity contribution in [3.05, 3.63) is 23.8 Å². The van der Waals surface area contributed by atoms with E-state index >= 15 is 0 Å². The van der Waals surface area contributed by atoms with Gasteiger partial charge in [0.1, 0.15) is 11.5 Å². The first-order chi connectivity index (χ1) is 8.14. The highest BCUT2D eigenvalue weighted by molar-refractivity contribution is 5.97. The number of amides is 1. The smallest absolute Gasteiger partial charge is 0.257 e. The molecule has 1 rings (SSSR count). The van der Waals surface area contributed by atoms with Crippen molar-refractivity contribution in [2.45, 2.75) is 33.7 Å². The Morgan fingerprint density at radius 3 is 2.33 bits per heavy atom. The van der Waals surface area contributed by atoms with Crippen molar-refractivity contribution in [2.75, 3.05) is 7.05 Å². The average Bonchev–Trinajstić information content (AvgIpc) is 2.28. The summed E-state index contributed by atoms with van der Waals surface area (Å²) in [6.07, 6.45) is 0. The summed E-state index contributed by atoms with van der Waals surface area (Å²) in [6, 6.07) is 3.95. The highest BCUT2D eigenvalue weighted by Gasteiger charge is 2.28. The molecule has 1 unspecified atom stereocenters. The third kappa shape index (κ3) is 2.94. The van der Waals surface area contributed by atoms with E-state index in [1.54, 1.807) is 11.9 Å². The van der Waals surface area contributed by atoms with E-state index in [-0.39, 0.29) is 34.4 Å². The maximum Gasteiger partial charge on any atom is 0.257 e. The van der Waals surface area contributed by atoms with E-state index in [1.807, 2.05) is 27.7 Å². The zero-order valence-electron chi connectivity index (χ0n) is 11.6. The van der Waals surface area contributed by atoms with Crippen LogP contribution in [-0.2, 0) is 0 Å². The first-order valence-corrected chi connectivity index (χ1v) is 5.93. The third-order valence-corrected chi connectivity index (χ3v) is 3.37. The number of phenolic OH excluding ortho intramolecular Hbond substituents is 2. The Kier molecular flexibility index (Phi) is 3.89. The summed E-state index contributed by atoms with van der Waals surface area (Å²) >= 11 is 0. The van der Waals surface area contributed by atoms with E-state index in [1.165, 1.54) is 18.2 Å². The van der Waals surface area contributed by atoms with Gasteiger partial charge in [0.2, 0.25) is 0 Å². The highest BCUT2D eigenvalue weighted by atomic mass is 16.3. The summed E-state index contributed by atoms with van der Waals surface area (Å²) in [5.41, 5.74) is 0.0604. The minimum Gasteiger partial charge on any atom is -0.508 e. The molecule has 1 amide bonds. The molecule has 0 radical (unpaired) electrons. The molecule has 0 heterocycles. The van der Waals surface area contributed by atoms with Crippen LogP contribution >= 0.6 is 0 Å². The van der Waals surface area contributed by atoms with Crippen molar-refractivity contribution in [1.82, 2.24) is 4.90 Å². The van der Waals surface area contributed by atoms with Gasteiger partial charge in [-0.2, -0.15) is 0 Å². The van der Waals surface area contributed by atoms with Crippen molar-refractivity contribution >= 4 is 5.91 Å². The molecular formula is C14H21NO3. The summed E-state index contributed by atoms with van der Waals surface area (Å²) in [5.74, 6) is -0.454. The van der Waals surface area contributed by atoms with Crippen molar-refractivity contribution in [2.24, 2.45) is 5.41 Å². The molecule has 100 valence electrons. The summed E-state index contributed by atoms with van der Waals surface area (Å²) in [4.78, 5) is 13.8. The Balaban J connectivity index is 3.04. The van der Waals surface area contributed by atoms with E-state index in [2.05, 4.69) is 0 Å². The monoisotopic (exact) mass is 251 g/mol. The lowest BCUT2D eigenvalue weighted by atomic mass is 9.87. The number of hydrogen-bond acceptors (Lipinski definition) is 3. The Morgan fingerprint density at radius 2 is 1.83 bits per heavy atom. The zero-order valence-corrected chi connectivity index (χ0v) is 11.6. The molecular weight excluding hydrogens is 230 g/mol. The van der Waals surface area contributed by atoms with Gasteiger partial charge in [0.25, 0.3) is 5.91 Å². The fourth-order valence-corrected chi connectivity index (χ4v) is 1.64. The molecule has 2 N–H and O–H groups in total. The van der Waals surface area contributed by atoms with Crippen LogP contribution < -0.4 is 0 Å². The van der Waals surface area contributed by atoms with Gasteiger partial charge in [-0.1, -0.05) is 20.8 Å². The maximum atomic E-state index is 12.3. The second-order valence-electron chi connectivity index (χ2n) is 5.66. The predicted octanol–water partition coefficient (Wildman–Crippen LogP) is 2.60. The number of phenols is 2. The molecule has 0 fully saturated rings. The predicted molar refractivity (Wildman–Crippen MR) is 70.8 cm³/mol. The van der Waals surface area contributed by atoms with Crippen LogP contribution in [0.25, 0.3) is 0 Å². The van der Waals surface area contributed by atoms with Crippen LogP contribution in [0.3, 0.4) is 0 Å². The van der Waals surface area contributed by atoms with Crippen LogP contribution in [0.1, 0.15) is 38.1 Å². The third-order valence-electron chi connectivity index (χ3n) is 3.37. The minimum absolute atomic E-state index is 0.00625. The Bertz CT molecular complexity index is 449. The molecule has 0 aliphatic heterocycles. The Hall–Kier alpha value is -1.71. The van der Waals surface area contributed by atoms with E-state index in [0.29, 0.717) is 0 Å². The van der Waals surface area contributed by atoms with Crippen LogP contribution in [-0.4, -0.2) is 34.1 Å². The molecule has 1 aromatic carbocycles. The van der Waals surface area contributed by atoms with Gasteiger partial charge in [-0.05, 0) is 30.5 Å². The quantitative estimate of drug-likeness (QED) is 0.794. The molecule has 0 saturated carbocycles. The first-order valence-electron chi connectivity index (χ1n) is 5.93. The number of hydrogen-bond donors (Lipinski definition) is 2. The van der Waals surface area contributed by atoms with E-state index in [4.69, 9.17) is 0 Å². The lowest BCUT2D eigenvalue weighted by molar-refractivity contribution is 0.0626. The Labute approximate surface area is 108 Å². The lowest BCUT2D eigenvalue weighted by Crippen LogP contribution is -2.42. The van der Waals surface area contributed by atoms with Crippen molar-refractivity contribution in [3.63, 3.8) is 0 Å². The summed E-state index contributed by atoms with van der Waals surface area (Å²) < 4.78 is 0. The van der Waals surface area contributed by atoms with Gasteiger partial charge in [-0.3, -0.25) is 4.79 Å². The molecule has 4 heteroatoms. The molecule has 1 aromatic rings. The van der Waals surface area contributed by atoms with Crippen LogP contribution in [0.15, 0.2) is 18.2 Å².